The van der Waals surface area contributed by atoms with Crippen molar-refractivity contribution in [2.75, 3.05) is 14.2 Å². The van der Waals surface area contributed by atoms with Crippen LogP contribution in [0.5, 0.6) is 11.5 Å². The maximum atomic E-state index is 5.18. The Morgan fingerprint density at radius 1 is 0.134 bits per heavy atom. The molecule has 2 nitrogen and oxygen atoms in total. The summed E-state index contributed by atoms with van der Waals surface area (Å²) in [7, 11) is 3.41. The Hall–Kier alpha value is -6.64. The SMILES string of the molecule is COc1ccc(C)c(C)c1C.COc1ccc(C)c(C)c1C.Cc1ccc(C)c(C)c1C.Cc1ccc(C)c(C)c1C.Cc1ccc(C)c(C)c1C.Cc1ccc(C)c(C)c1C.Cc1ccc(C)c(C)c1C.Cc1ccc(C)c(C)c1C. The highest BCUT2D eigenvalue weighted by molar-refractivity contribution is 5.45. The van der Waals surface area contributed by atoms with Crippen LogP contribution in [-0.4, -0.2) is 14.2 Å². The summed E-state index contributed by atoms with van der Waals surface area (Å²) in [4.78, 5) is 0. The van der Waals surface area contributed by atoms with Gasteiger partial charge in [-0.05, 0) is 387 Å². The maximum absolute atomic E-state index is 5.18. The molecule has 0 saturated carbocycles. The average Bonchev–Trinajstić information content (AvgIpc) is 3.46. The van der Waals surface area contributed by atoms with Gasteiger partial charge in [0.15, 0.2) is 0 Å². The van der Waals surface area contributed by atoms with E-state index in [4.69, 9.17) is 9.47 Å². The summed E-state index contributed by atoms with van der Waals surface area (Å²) in [5, 5.41) is 0. The third-order valence-electron chi connectivity index (χ3n) is 18.4. The number of aryl methyl sites for hydroxylation is 14. The van der Waals surface area contributed by atoms with Crippen molar-refractivity contribution < 1.29 is 9.47 Å². The summed E-state index contributed by atoms with van der Waals surface area (Å²) in [5.74, 6) is 1.96. The molecule has 0 N–H and O–H groups in total. The van der Waals surface area contributed by atoms with Gasteiger partial charge >= 0.3 is 0 Å². The van der Waals surface area contributed by atoms with Gasteiger partial charge < -0.3 is 9.47 Å². The van der Waals surface area contributed by atoms with E-state index in [1.54, 1.807) is 14.2 Å². The molecule has 0 aliphatic carbocycles. The van der Waals surface area contributed by atoms with Gasteiger partial charge in [-0.25, -0.2) is 0 Å². The maximum Gasteiger partial charge on any atom is 0.122 e. The van der Waals surface area contributed by atoms with Gasteiger partial charge in [-0.2, -0.15) is 0 Å². The number of hydrogen-bond acceptors (Lipinski definition) is 2. The highest BCUT2D eigenvalue weighted by Gasteiger charge is 2.05. The predicted octanol–water partition coefficient (Wildman–Crippen LogP) is 22.8. The molecule has 0 heterocycles. The fourth-order valence-corrected chi connectivity index (χ4v) is 8.85. The zero-order valence-corrected chi connectivity index (χ0v) is 58.1. The third-order valence-corrected chi connectivity index (χ3v) is 18.4. The van der Waals surface area contributed by atoms with Crippen molar-refractivity contribution >= 4 is 0 Å². The van der Waals surface area contributed by atoms with Crippen LogP contribution >= 0.6 is 0 Å². The lowest BCUT2D eigenvalue weighted by molar-refractivity contribution is 0.411. The van der Waals surface area contributed by atoms with E-state index >= 15 is 0 Å². The normalized spacial score (nSPS) is 9.95. The van der Waals surface area contributed by atoms with Crippen molar-refractivity contribution in [2.24, 2.45) is 0 Å². The molecule has 8 aromatic carbocycles. The fourth-order valence-electron chi connectivity index (χ4n) is 8.85. The zero-order valence-electron chi connectivity index (χ0n) is 58.1. The number of hydrogen-bond donors (Lipinski definition) is 0. The van der Waals surface area contributed by atoms with Crippen molar-refractivity contribution in [1.29, 1.82) is 0 Å². The highest BCUT2D eigenvalue weighted by atomic mass is 16.5. The van der Waals surface area contributed by atoms with Gasteiger partial charge in [0.1, 0.15) is 11.5 Å². The van der Waals surface area contributed by atoms with Crippen LogP contribution in [0.3, 0.4) is 0 Å². The molecule has 0 aliphatic heterocycles. The molecular formula is C80H112O2. The quantitative estimate of drug-likeness (QED) is 0.172. The Bertz CT molecular complexity index is 2700. The lowest BCUT2D eigenvalue weighted by atomic mass is 10.0. The molecule has 0 bridgehead atoms. The number of methoxy groups -OCH3 is 2. The first-order chi connectivity index (χ1) is 38.1. The van der Waals surface area contributed by atoms with Crippen LogP contribution < -0.4 is 9.47 Å². The topological polar surface area (TPSA) is 18.5 Å². The van der Waals surface area contributed by atoms with Crippen molar-refractivity contribution in [2.45, 2.75) is 208 Å². The molecule has 0 unspecified atom stereocenters. The lowest BCUT2D eigenvalue weighted by Gasteiger charge is -2.08. The fraction of sp³-hybridized carbons (Fsp3) is 0.400. The number of rotatable bonds is 2. The van der Waals surface area contributed by atoms with Gasteiger partial charge in [0.2, 0.25) is 0 Å². The minimum Gasteiger partial charge on any atom is -0.496 e. The van der Waals surface area contributed by atoms with Gasteiger partial charge in [0.25, 0.3) is 0 Å². The Morgan fingerprint density at radius 2 is 0.220 bits per heavy atom. The summed E-state index contributed by atoms with van der Waals surface area (Å²) in [6.45, 7) is 64.6. The van der Waals surface area contributed by atoms with E-state index in [9.17, 15) is 0 Å². The first kappa shape index (κ1) is 73.4. The van der Waals surface area contributed by atoms with E-state index in [1.807, 2.05) is 12.1 Å². The van der Waals surface area contributed by atoms with Gasteiger partial charge in [0, 0.05) is 0 Å². The standard InChI is InChI=1S/2C10H14O.6C10H14/c2*1-7-5-6-10(11-4)9(3)8(7)2;6*1-7-5-6-8(2)10(4)9(7)3/h2*5-6H,1-4H3;6*5-6H,1-4H3. The summed E-state index contributed by atoms with van der Waals surface area (Å²) in [6, 6.07) is 34.3. The van der Waals surface area contributed by atoms with Gasteiger partial charge in [-0.3, -0.25) is 0 Å². The molecule has 0 aromatic heterocycles. The molecular weight excluding hydrogens is 993 g/mol. The van der Waals surface area contributed by atoms with E-state index in [2.05, 4.69) is 293 Å². The first-order valence-electron chi connectivity index (χ1n) is 29.5. The monoisotopic (exact) mass is 1100 g/mol. The van der Waals surface area contributed by atoms with Crippen LogP contribution in [0.4, 0.5) is 0 Å². The largest absolute Gasteiger partial charge is 0.496 e. The van der Waals surface area contributed by atoms with E-state index in [0.29, 0.717) is 0 Å². The van der Waals surface area contributed by atoms with Gasteiger partial charge in [0.05, 0.1) is 14.2 Å². The molecule has 0 atom stereocenters. The third kappa shape index (κ3) is 21.6. The second-order valence-electron chi connectivity index (χ2n) is 23.4. The Kier molecular flexibility index (Phi) is 31.1. The van der Waals surface area contributed by atoms with Crippen LogP contribution in [0.2, 0.25) is 0 Å². The van der Waals surface area contributed by atoms with E-state index in [0.717, 1.165) is 11.5 Å². The molecule has 0 amide bonds. The highest BCUT2D eigenvalue weighted by Crippen LogP contribution is 2.25. The summed E-state index contributed by atoms with van der Waals surface area (Å²) in [6.07, 6.45) is 0. The van der Waals surface area contributed by atoms with E-state index < -0.39 is 0 Å². The van der Waals surface area contributed by atoms with Crippen molar-refractivity contribution in [3.63, 3.8) is 0 Å². The molecule has 0 radical (unpaired) electrons. The summed E-state index contributed by atoms with van der Waals surface area (Å²) < 4.78 is 10.4. The Labute approximate surface area is 504 Å². The minimum absolute atomic E-state index is 0.980. The minimum atomic E-state index is 0.980. The second kappa shape index (κ2) is 34.7. The molecule has 0 aliphatic rings. The molecule has 444 valence electrons. The van der Waals surface area contributed by atoms with Gasteiger partial charge in [-0.15, -0.1) is 0 Å². The molecule has 2 heteroatoms. The second-order valence-corrected chi connectivity index (χ2v) is 23.4. The van der Waals surface area contributed by atoms with Crippen LogP contribution in [0, 0.1) is 208 Å². The van der Waals surface area contributed by atoms with Crippen LogP contribution in [0.25, 0.3) is 0 Å². The van der Waals surface area contributed by atoms with Crippen molar-refractivity contribution in [3.8, 4) is 11.5 Å². The van der Waals surface area contributed by atoms with Crippen LogP contribution in [0.1, 0.15) is 167 Å². The summed E-state index contributed by atoms with van der Waals surface area (Å²) >= 11 is 0. The first-order valence-corrected chi connectivity index (χ1v) is 29.5. The molecule has 82 heavy (non-hydrogen) atoms. The molecule has 0 fully saturated rings. The van der Waals surface area contributed by atoms with Crippen LogP contribution in [-0.2, 0) is 0 Å². The summed E-state index contributed by atoms with van der Waals surface area (Å²) in [5.41, 5.74) is 41.6. The van der Waals surface area contributed by atoms with E-state index in [1.165, 1.54) is 167 Å². The molecule has 8 rings (SSSR count). The Balaban J connectivity index is 0.000000469. The lowest BCUT2D eigenvalue weighted by Crippen LogP contribution is -1.91. The molecule has 0 spiro atoms. The predicted molar refractivity (Wildman–Crippen MR) is 367 cm³/mol. The molecule has 0 saturated heterocycles. The smallest absolute Gasteiger partial charge is 0.122 e. The Morgan fingerprint density at radius 3 is 0.317 bits per heavy atom. The van der Waals surface area contributed by atoms with Crippen LogP contribution in [0.15, 0.2) is 97.1 Å². The average molecular weight is 1110 g/mol. The van der Waals surface area contributed by atoms with E-state index in [-0.39, 0.29) is 0 Å². The van der Waals surface area contributed by atoms with Gasteiger partial charge in [-0.1, -0.05) is 84.9 Å². The van der Waals surface area contributed by atoms with Crippen molar-refractivity contribution in [3.05, 3.63) is 264 Å². The number of benzene rings is 8. The van der Waals surface area contributed by atoms with Crippen molar-refractivity contribution in [1.82, 2.24) is 0 Å². The zero-order chi connectivity index (χ0) is 63.2. The molecule has 8 aromatic rings. The number of ether oxygens (including phenoxy) is 2.